The van der Waals surface area contributed by atoms with Crippen molar-refractivity contribution in [3.8, 4) is 0 Å². The summed E-state index contributed by atoms with van der Waals surface area (Å²) in [7, 11) is 1.35. The van der Waals surface area contributed by atoms with E-state index in [4.69, 9.17) is 22.1 Å². The van der Waals surface area contributed by atoms with Gasteiger partial charge in [0.25, 0.3) is 0 Å². The largest absolute Gasteiger partial charge is 0.465 e. The lowest BCUT2D eigenvalue weighted by Gasteiger charge is -2.37. The molecule has 0 unspecified atom stereocenters. The summed E-state index contributed by atoms with van der Waals surface area (Å²) in [4.78, 5) is 36.4. The van der Waals surface area contributed by atoms with Gasteiger partial charge in [0.2, 0.25) is 5.91 Å². The zero-order valence-electron chi connectivity index (χ0n) is 17.2. The van der Waals surface area contributed by atoms with Crippen LogP contribution in [0.1, 0.15) is 15.9 Å². The summed E-state index contributed by atoms with van der Waals surface area (Å²) >= 11 is 5.92. The number of hydrogen-bond donors (Lipinski definition) is 2. The molecule has 1 aliphatic heterocycles. The number of halogens is 1. The first-order valence-electron chi connectivity index (χ1n) is 10.1. The van der Waals surface area contributed by atoms with Crippen LogP contribution in [0, 0.1) is 0 Å². The molecule has 0 radical (unpaired) electrons. The van der Waals surface area contributed by atoms with Gasteiger partial charge in [-0.1, -0.05) is 23.7 Å². The molecule has 1 saturated heterocycles. The summed E-state index contributed by atoms with van der Waals surface area (Å²) in [6.07, 6.45) is 3.77. The minimum absolute atomic E-state index is 0.0793. The average Bonchev–Trinajstić information content (AvgIpc) is 3.28. The summed E-state index contributed by atoms with van der Waals surface area (Å²) in [5.74, 6) is -0.515. The molecule has 0 aliphatic carbocycles. The van der Waals surface area contributed by atoms with E-state index in [0.717, 1.165) is 16.6 Å². The van der Waals surface area contributed by atoms with Crippen LogP contribution in [-0.4, -0.2) is 66.1 Å². The number of H-pyrrole nitrogens is 1. The number of nitrogens with zero attached hydrogens (tertiary/aromatic N) is 3. The number of nitrogens with two attached hydrogens (primary N) is 1. The second-order valence-corrected chi connectivity index (χ2v) is 7.94. The number of methoxy groups -OCH3 is 1. The Balaban J connectivity index is 1.46. The number of rotatable bonds is 5. The Morgan fingerprint density at radius 1 is 1.19 bits per heavy atom. The van der Waals surface area contributed by atoms with Gasteiger partial charge in [-0.3, -0.25) is 4.79 Å². The van der Waals surface area contributed by atoms with Crippen molar-refractivity contribution in [2.75, 3.05) is 38.2 Å². The fourth-order valence-electron chi connectivity index (χ4n) is 3.94. The minimum Gasteiger partial charge on any atom is -0.465 e. The van der Waals surface area contributed by atoms with Crippen LogP contribution in [0.2, 0.25) is 5.02 Å². The first-order chi connectivity index (χ1) is 15.0. The number of aromatic nitrogens is 2. The van der Waals surface area contributed by atoms with Crippen molar-refractivity contribution in [2.45, 2.75) is 12.5 Å². The van der Waals surface area contributed by atoms with Crippen molar-refractivity contribution in [3.63, 3.8) is 0 Å². The highest BCUT2D eigenvalue weighted by Crippen LogP contribution is 2.30. The SMILES string of the molecule is COC(=O)c1cnc2[nH]ccc2c1N1CCN(C(=O)[C@H](N)Cc2ccc(Cl)cc2)CC1. The maximum atomic E-state index is 12.9. The molecular weight excluding hydrogens is 418 g/mol. The number of nitrogens with one attached hydrogen (secondary N) is 1. The zero-order chi connectivity index (χ0) is 22.0. The van der Waals surface area contributed by atoms with Crippen LogP contribution in [0.3, 0.4) is 0 Å². The highest BCUT2D eigenvalue weighted by atomic mass is 35.5. The highest BCUT2D eigenvalue weighted by Gasteiger charge is 2.28. The van der Waals surface area contributed by atoms with E-state index in [-0.39, 0.29) is 5.91 Å². The molecule has 3 aromatic rings. The predicted octanol–water partition coefficient (Wildman–Crippen LogP) is 2.22. The van der Waals surface area contributed by atoms with Crippen molar-refractivity contribution in [1.29, 1.82) is 0 Å². The van der Waals surface area contributed by atoms with E-state index in [2.05, 4.69) is 14.9 Å². The molecule has 4 rings (SSSR count). The van der Waals surface area contributed by atoms with Gasteiger partial charge in [-0.15, -0.1) is 0 Å². The number of piperazine rings is 1. The van der Waals surface area contributed by atoms with Gasteiger partial charge in [-0.25, -0.2) is 9.78 Å². The Bertz CT molecular complexity index is 1090. The van der Waals surface area contributed by atoms with Crippen LogP contribution >= 0.6 is 11.6 Å². The van der Waals surface area contributed by atoms with E-state index in [1.165, 1.54) is 13.3 Å². The summed E-state index contributed by atoms with van der Waals surface area (Å²) in [5.41, 5.74) is 9.05. The molecule has 3 N–H and O–H groups in total. The second-order valence-electron chi connectivity index (χ2n) is 7.50. The van der Waals surface area contributed by atoms with Crippen LogP contribution in [0.15, 0.2) is 42.7 Å². The molecule has 1 aromatic carbocycles. The Hall–Kier alpha value is -3.10. The number of esters is 1. The Kier molecular flexibility index (Phi) is 6.11. The summed E-state index contributed by atoms with van der Waals surface area (Å²) in [6.45, 7) is 2.19. The predicted molar refractivity (Wildman–Crippen MR) is 119 cm³/mol. The molecule has 162 valence electrons. The van der Waals surface area contributed by atoms with Gasteiger partial charge < -0.3 is 25.3 Å². The Morgan fingerprint density at radius 2 is 1.90 bits per heavy atom. The lowest BCUT2D eigenvalue weighted by atomic mass is 10.0. The van der Waals surface area contributed by atoms with Gasteiger partial charge in [-0.05, 0) is 30.2 Å². The third-order valence-electron chi connectivity index (χ3n) is 5.56. The molecule has 8 nitrogen and oxygen atoms in total. The second kappa shape index (κ2) is 8.95. The fourth-order valence-corrected chi connectivity index (χ4v) is 4.07. The van der Waals surface area contributed by atoms with E-state index in [1.807, 2.05) is 18.2 Å². The number of amides is 1. The number of benzene rings is 1. The monoisotopic (exact) mass is 441 g/mol. The van der Waals surface area contributed by atoms with Crippen LogP contribution in [-0.2, 0) is 16.0 Å². The van der Waals surface area contributed by atoms with Crippen LogP contribution in [0.5, 0.6) is 0 Å². The zero-order valence-corrected chi connectivity index (χ0v) is 17.9. The molecule has 31 heavy (non-hydrogen) atoms. The summed E-state index contributed by atoms with van der Waals surface area (Å²) in [6, 6.07) is 8.63. The fraction of sp³-hybridized carbons (Fsp3) is 0.318. The molecule has 1 atom stereocenters. The molecule has 0 bridgehead atoms. The number of carbonyl (C=O) groups excluding carboxylic acids is 2. The minimum atomic E-state index is -0.615. The van der Waals surface area contributed by atoms with E-state index in [9.17, 15) is 9.59 Å². The Labute approximate surface area is 184 Å². The lowest BCUT2D eigenvalue weighted by molar-refractivity contribution is -0.132. The van der Waals surface area contributed by atoms with Crippen molar-refractivity contribution < 1.29 is 14.3 Å². The number of pyridine rings is 1. The van der Waals surface area contributed by atoms with Gasteiger partial charge in [0.1, 0.15) is 11.2 Å². The van der Waals surface area contributed by atoms with Gasteiger partial charge in [-0.2, -0.15) is 0 Å². The quantitative estimate of drug-likeness (QED) is 0.588. The molecule has 1 aliphatic rings. The lowest BCUT2D eigenvalue weighted by Crippen LogP contribution is -2.54. The molecule has 3 heterocycles. The highest BCUT2D eigenvalue weighted by molar-refractivity contribution is 6.30. The molecule has 0 saturated carbocycles. The molecule has 9 heteroatoms. The number of hydrogen-bond acceptors (Lipinski definition) is 6. The number of anilines is 1. The van der Waals surface area contributed by atoms with E-state index in [1.54, 1.807) is 23.2 Å². The molecule has 1 amide bonds. The topological polar surface area (TPSA) is 105 Å². The third kappa shape index (κ3) is 4.35. The maximum absolute atomic E-state index is 12.9. The van der Waals surface area contributed by atoms with Crippen LogP contribution in [0.4, 0.5) is 5.69 Å². The van der Waals surface area contributed by atoms with Crippen LogP contribution < -0.4 is 10.6 Å². The molecule has 1 fully saturated rings. The van der Waals surface area contributed by atoms with E-state index < -0.39 is 12.0 Å². The standard InChI is InChI=1S/C22H24ClN5O3/c1-31-22(30)17-13-26-20-16(6-7-25-20)19(17)27-8-10-28(11-9-27)21(29)18(24)12-14-2-4-15(23)5-3-14/h2-7,13,18H,8-12,24H2,1H3,(H,25,26)/t18-/m1/s1. The number of aromatic amines is 1. The first-order valence-corrected chi connectivity index (χ1v) is 10.4. The van der Waals surface area contributed by atoms with Crippen molar-refractivity contribution in [1.82, 2.24) is 14.9 Å². The maximum Gasteiger partial charge on any atom is 0.341 e. The van der Waals surface area contributed by atoms with Crippen molar-refractivity contribution in [2.24, 2.45) is 5.73 Å². The third-order valence-corrected chi connectivity index (χ3v) is 5.81. The number of ether oxygens (including phenoxy) is 1. The van der Waals surface area contributed by atoms with E-state index >= 15 is 0 Å². The van der Waals surface area contributed by atoms with Gasteiger partial charge in [0.05, 0.1) is 18.8 Å². The molecule has 2 aromatic heterocycles. The smallest absolute Gasteiger partial charge is 0.341 e. The van der Waals surface area contributed by atoms with Gasteiger partial charge in [0, 0.05) is 49.0 Å². The van der Waals surface area contributed by atoms with Gasteiger partial charge >= 0.3 is 5.97 Å². The van der Waals surface area contributed by atoms with Gasteiger partial charge in [0.15, 0.2) is 0 Å². The Morgan fingerprint density at radius 3 is 2.58 bits per heavy atom. The number of carbonyl (C=O) groups is 2. The van der Waals surface area contributed by atoms with Crippen molar-refractivity contribution in [3.05, 3.63) is 58.9 Å². The number of fused-ring (bicyclic) bond motifs is 1. The summed E-state index contributed by atoms with van der Waals surface area (Å²) < 4.78 is 4.94. The average molecular weight is 442 g/mol. The molecule has 0 spiro atoms. The molecular formula is C22H24ClN5O3. The first kappa shape index (κ1) is 21.1. The normalized spacial score (nSPS) is 15.2. The van der Waals surface area contributed by atoms with Crippen LogP contribution in [0.25, 0.3) is 11.0 Å². The van der Waals surface area contributed by atoms with E-state index in [0.29, 0.717) is 48.8 Å². The van der Waals surface area contributed by atoms with Crippen molar-refractivity contribution >= 4 is 40.2 Å². The summed E-state index contributed by atoms with van der Waals surface area (Å²) in [5, 5.41) is 1.50.